The van der Waals surface area contributed by atoms with E-state index in [9.17, 15) is 14.4 Å². The van der Waals surface area contributed by atoms with Crippen molar-refractivity contribution in [2.45, 2.75) is 0 Å². The molecule has 2 aromatic rings. The van der Waals surface area contributed by atoms with Crippen molar-refractivity contribution in [2.24, 2.45) is 0 Å². The number of carbonyl (C=O) groups is 3. The van der Waals surface area contributed by atoms with Crippen LogP contribution in [-0.4, -0.2) is 36.2 Å². The van der Waals surface area contributed by atoms with Crippen LogP contribution in [0.5, 0.6) is 0 Å². The Bertz CT molecular complexity index is 653. The number of carbonyl (C=O) groups excluding carboxylic acids is 3. The van der Waals surface area contributed by atoms with Gasteiger partial charge in [0.15, 0.2) is 5.76 Å². The second-order valence-electron chi connectivity index (χ2n) is 4.51. The molecule has 114 valence electrons. The number of hydrogen-bond acceptors (Lipinski definition) is 4. The molecule has 0 saturated heterocycles. The Balaban J connectivity index is 1.80. The maximum Gasteiger partial charge on any atom is 0.289 e. The van der Waals surface area contributed by atoms with Crippen molar-refractivity contribution < 1.29 is 18.8 Å². The van der Waals surface area contributed by atoms with Crippen molar-refractivity contribution in [2.75, 3.05) is 13.6 Å². The van der Waals surface area contributed by atoms with E-state index in [2.05, 4.69) is 10.9 Å². The zero-order chi connectivity index (χ0) is 15.9. The smallest absolute Gasteiger partial charge is 0.289 e. The normalized spacial score (nSPS) is 9.86. The minimum atomic E-state index is -0.522. The van der Waals surface area contributed by atoms with Gasteiger partial charge in [-0.15, -0.1) is 0 Å². The van der Waals surface area contributed by atoms with Crippen molar-refractivity contribution in [1.82, 2.24) is 15.8 Å². The van der Waals surface area contributed by atoms with Crippen LogP contribution in [0.25, 0.3) is 0 Å². The predicted molar refractivity (Wildman–Crippen MR) is 77.7 cm³/mol. The first kappa shape index (κ1) is 15.3. The molecule has 1 aromatic heterocycles. The standard InChI is InChI=1S/C15H15N3O4/c1-18(15(21)12-8-5-9-22-12)10-13(19)16-17-14(20)11-6-3-2-4-7-11/h2-9H,10H2,1H3,(H,16,19)(H,17,20). The SMILES string of the molecule is CN(CC(=O)NNC(=O)c1ccccc1)C(=O)c1ccco1. The Kier molecular flexibility index (Phi) is 4.92. The summed E-state index contributed by atoms with van der Waals surface area (Å²) >= 11 is 0. The van der Waals surface area contributed by atoms with Gasteiger partial charge in [-0.2, -0.15) is 0 Å². The van der Waals surface area contributed by atoms with E-state index in [1.165, 1.54) is 24.3 Å². The molecule has 0 aliphatic heterocycles. The molecule has 0 spiro atoms. The van der Waals surface area contributed by atoms with Crippen LogP contribution in [0.15, 0.2) is 53.1 Å². The molecule has 0 atom stereocenters. The molecule has 0 aliphatic carbocycles. The maximum absolute atomic E-state index is 11.9. The van der Waals surface area contributed by atoms with Crippen LogP contribution in [0.2, 0.25) is 0 Å². The molecule has 7 nitrogen and oxygen atoms in total. The summed E-state index contributed by atoms with van der Waals surface area (Å²) in [7, 11) is 1.46. The van der Waals surface area contributed by atoms with Gasteiger partial charge < -0.3 is 9.32 Å². The molecule has 0 bridgehead atoms. The van der Waals surface area contributed by atoms with Crippen molar-refractivity contribution in [3.05, 3.63) is 60.1 Å². The number of nitrogens with zero attached hydrogens (tertiary/aromatic N) is 1. The Labute approximate surface area is 126 Å². The summed E-state index contributed by atoms with van der Waals surface area (Å²) in [5, 5.41) is 0. The molecule has 7 heteroatoms. The molecule has 1 heterocycles. The first-order chi connectivity index (χ1) is 10.6. The monoisotopic (exact) mass is 301 g/mol. The van der Waals surface area contributed by atoms with Crippen molar-refractivity contribution in [3.8, 4) is 0 Å². The maximum atomic E-state index is 11.9. The second kappa shape index (κ2) is 7.07. The summed E-state index contributed by atoms with van der Waals surface area (Å²) in [5.74, 6) is -1.24. The summed E-state index contributed by atoms with van der Waals surface area (Å²) in [6, 6.07) is 11.5. The van der Waals surface area contributed by atoms with Crippen LogP contribution < -0.4 is 10.9 Å². The third-order valence-corrected chi connectivity index (χ3v) is 2.81. The highest BCUT2D eigenvalue weighted by molar-refractivity contribution is 5.96. The topological polar surface area (TPSA) is 91.7 Å². The van der Waals surface area contributed by atoms with Crippen molar-refractivity contribution in [3.63, 3.8) is 0 Å². The van der Waals surface area contributed by atoms with E-state index in [4.69, 9.17) is 4.42 Å². The highest BCUT2D eigenvalue weighted by atomic mass is 16.3. The van der Waals surface area contributed by atoms with Crippen molar-refractivity contribution >= 4 is 17.7 Å². The molecular formula is C15H15N3O4. The number of hydrazine groups is 1. The Morgan fingerprint density at radius 2 is 1.77 bits per heavy atom. The van der Waals surface area contributed by atoms with E-state index in [0.29, 0.717) is 5.56 Å². The molecule has 0 unspecified atom stereocenters. The van der Waals surface area contributed by atoms with E-state index in [-0.39, 0.29) is 12.3 Å². The van der Waals surface area contributed by atoms with Gasteiger partial charge in [0, 0.05) is 12.6 Å². The molecule has 0 aliphatic rings. The molecule has 2 rings (SSSR count). The average Bonchev–Trinajstić information content (AvgIpc) is 3.07. The lowest BCUT2D eigenvalue weighted by Gasteiger charge is -2.15. The summed E-state index contributed by atoms with van der Waals surface area (Å²) < 4.78 is 4.96. The predicted octanol–water partition coefficient (Wildman–Crippen LogP) is 0.813. The minimum absolute atomic E-state index is 0.142. The first-order valence-electron chi connectivity index (χ1n) is 6.51. The molecular weight excluding hydrogens is 286 g/mol. The van der Waals surface area contributed by atoms with Crippen molar-refractivity contribution in [1.29, 1.82) is 0 Å². The number of amides is 3. The zero-order valence-electron chi connectivity index (χ0n) is 11.9. The highest BCUT2D eigenvalue weighted by Crippen LogP contribution is 2.03. The van der Waals surface area contributed by atoms with E-state index in [1.807, 2.05) is 0 Å². The van der Waals surface area contributed by atoms with Crippen LogP contribution in [0.1, 0.15) is 20.9 Å². The van der Waals surface area contributed by atoms with Crippen LogP contribution in [-0.2, 0) is 4.79 Å². The average molecular weight is 301 g/mol. The van der Waals surface area contributed by atoms with Gasteiger partial charge in [0.1, 0.15) is 6.54 Å². The Hall–Kier alpha value is -3.09. The number of benzene rings is 1. The van der Waals surface area contributed by atoms with Crippen LogP contribution in [0, 0.1) is 0 Å². The largest absolute Gasteiger partial charge is 0.459 e. The van der Waals surface area contributed by atoms with E-state index >= 15 is 0 Å². The zero-order valence-corrected chi connectivity index (χ0v) is 11.9. The lowest BCUT2D eigenvalue weighted by atomic mass is 10.2. The van der Waals surface area contributed by atoms with Gasteiger partial charge in [0.25, 0.3) is 17.7 Å². The molecule has 0 saturated carbocycles. The van der Waals surface area contributed by atoms with Crippen LogP contribution >= 0.6 is 0 Å². The molecule has 22 heavy (non-hydrogen) atoms. The third-order valence-electron chi connectivity index (χ3n) is 2.81. The van der Waals surface area contributed by atoms with Crippen LogP contribution in [0.4, 0.5) is 0 Å². The van der Waals surface area contributed by atoms with Gasteiger partial charge in [-0.1, -0.05) is 18.2 Å². The summed E-state index contributed by atoms with van der Waals surface area (Å²) in [5.41, 5.74) is 4.95. The van der Waals surface area contributed by atoms with Gasteiger partial charge in [0.2, 0.25) is 0 Å². The van der Waals surface area contributed by atoms with E-state index in [0.717, 1.165) is 0 Å². The number of hydrogen-bond donors (Lipinski definition) is 2. The number of nitrogens with one attached hydrogen (secondary N) is 2. The minimum Gasteiger partial charge on any atom is -0.459 e. The molecule has 0 radical (unpaired) electrons. The second-order valence-corrected chi connectivity index (χ2v) is 4.51. The summed E-state index contributed by atoms with van der Waals surface area (Å²) in [6.45, 7) is -0.214. The van der Waals surface area contributed by atoms with Gasteiger partial charge in [-0.25, -0.2) is 0 Å². The summed E-state index contributed by atoms with van der Waals surface area (Å²) in [6.07, 6.45) is 1.38. The van der Waals surface area contributed by atoms with Gasteiger partial charge in [-0.3, -0.25) is 25.2 Å². The molecule has 1 aromatic carbocycles. The number of furan rings is 1. The fraction of sp³-hybridized carbons (Fsp3) is 0.133. The van der Waals surface area contributed by atoms with E-state index in [1.54, 1.807) is 36.4 Å². The number of likely N-dealkylation sites (N-methyl/N-ethyl adjacent to an activating group) is 1. The first-order valence-corrected chi connectivity index (χ1v) is 6.51. The number of rotatable bonds is 4. The van der Waals surface area contributed by atoms with Gasteiger partial charge >= 0.3 is 0 Å². The fourth-order valence-electron chi connectivity index (χ4n) is 1.70. The Morgan fingerprint density at radius 3 is 2.41 bits per heavy atom. The lowest BCUT2D eigenvalue weighted by Crippen LogP contribution is -2.46. The third kappa shape index (κ3) is 3.95. The molecule has 3 amide bonds. The quantitative estimate of drug-likeness (QED) is 0.818. The lowest BCUT2D eigenvalue weighted by molar-refractivity contribution is -0.122. The van der Waals surface area contributed by atoms with Crippen LogP contribution in [0.3, 0.4) is 0 Å². The van der Waals surface area contributed by atoms with Gasteiger partial charge in [0.05, 0.1) is 6.26 Å². The van der Waals surface area contributed by atoms with E-state index < -0.39 is 17.7 Å². The summed E-state index contributed by atoms with van der Waals surface area (Å²) in [4.78, 5) is 36.5. The van der Waals surface area contributed by atoms with Gasteiger partial charge in [-0.05, 0) is 24.3 Å². The molecule has 2 N–H and O–H groups in total. The Morgan fingerprint density at radius 1 is 1.05 bits per heavy atom. The highest BCUT2D eigenvalue weighted by Gasteiger charge is 2.17. The fourth-order valence-corrected chi connectivity index (χ4v) is 1.70. The molecule has 0 fully saturated rings.